The van der Waals surface area contributed by atoms with E-state index in [1.54, 1.807) is 6.33 Å². The summed E-state index contributed by atoms with van der Waals surface area (Å²) in [4.78, 5) is 11.9. The molecule has 0 unspecified atom stereocenters. The maximum absolute atomic E-state index is 4.69. The van der Waals surface area contributed by atoms with Gasteiger partial charge >= 0.3 is 0 Å². The second-order valence-corrected chi connectivity index (χ2v) is 5.28. The fourth-order valence-electron chi connectivity index (χ4n) is 2.47. The van der Waals surface area contributed by atoms with E-state index in [4.69, 9.17) is 0 Å². The van der Waals surface area contributed by atoms with Crippen LogP contribution in [0.5, 0.6) is 0 Å². The van der Waals surface area contributed by atoms with E-state index in [-0.39, 0.29) is 6.04 Å². The predicted molar refractivity (Wildman–Crippen MR) is 73.2 cm³/mol. The highest BCUT2D eigenvalue weighted by Gasteiger charge is 2.29. The van der Waals surface area contributed by atoms with Crippen molar-refractivity contribution in [3.05, 3.63) is 54.4 Å². The molecule has 20 heavy (non-hydrogen) atoms. The summed E-state index contributed by atoms with van der Waals surface area (Å²) < 4.78 is 2.14. The SMILES string of the molecule is c1ccn([C@H](Cc2cnc[nH]2)c2n[nH]c(C3CC3)n2)c1. The van der Waals surface area contributed by atoms with E-state index in [9.17, 15) is 0 Å². The van der Waals surface area contributed by atoms with Crippen LogP contribution in [0, 0.1) is 0 Å². The van der Waals surface area contributed by atoms with E-state index in [0.29, 0.717) is 5.92 Å². The van der Waals surface area contributed by atoms with Crippen LogP contribution in [0.15, 0.2) is 37.1 Å². The summed E-state index contributed by atoms with van der Waals surface area (Å²) in [5, 5.41) is 7.51. The van der Waals surface area contributed by atoms with Gasteiger partial charge in [0.2, 0.25) is 0 Å². The molecule has 6 heteroatoms. The summed E-state index contributed by atoms with van der Waals surface area (Å²) in [6.45, 7) is 0. The van der Waals surface area contributed by atoms with Crippen LogP contribution in [0.3, 0.4) is 0 Å². The highest BCUT2D eigenvalue weighted by atomic mass is 15.2. The van der Waals surface area contributed by atoms with Gasteiger partial charge in [-0.1, -0.05) is 0 Å². The molecule has 0 saturated heterocycles. The molecule has 2 N–H and O–H groups in total. The molecular weight excluding hydrogens is 252 g/mol. The molecule has 6 nitrogen and oxygen atoms in total. The second kappa shape index (κ2) is 4.63. The second-order valence-electron chi connectivity index (χ2n) is 5.28. The first-order chi connectivity index (χ1) is 9.90. The summed E-state index contributed by atoms with van der Waals surface area (Å²) in [6.07, 6.45) is 10.9. The first-order valence-electron chi connectivity index (χ1n) is 6.92. The molecule has 1 atom stereocenters. The lowest BCUT2D eigenvalue weighted by atomic mass is 10.1. The molecule has 102 valence electrons. The maximum Gasteiger partial charge on any atom is 0.173 e. The molecule has 1 aliphatic carbocycles. The molecular formula is C14H16N6. The minimum absolute atomic E-state index is 0.0919. The fourth-order valence-corrected chi connectivity index (χ4v) is 2.47. The monoisotopic (exact) mass is 268 g/mol. The summed E-state index contributed by atoms with van der Waals surface area (Å²) in [6, 6.07) is 4.14. The van der Waals surface area contributed by atoms with E-state index in [1.165, 1.54) is 12.8 Å². The van der Waals surface area contributed by atoms with Crippen molar-refractivity contribution in [3.63, 3.8) is 0 Å². The van der Waals surface area contributed by atoms with E-state index < -0.39 is 0 Å². The van der Waals surface area contributed by atoms with Crippen molar-refractivity contribution < 1.29 is 0 Å². The molecule has 1 aliphatic rings. The molecule has 1 saturated carbocycles. The van der Waals surface area contributed by atoms with Crippen LogP contribution in [0.25, 0.3) is 0 Å². The van der Waals surface area contributed by atoms with Crippen LogP contribution < -0.4 is 0 Å². The first kappa shape index (κ1) is 11.5. The van der Waals surface area contributed by atoms with E-state index in [0.717, 1.165) is 23.8 Å². The van der Waals surface area contributed by atoms with E-state index >= 15 is 0 Å². The van der Waals surface area contributed by atoms with Gasteiger partial charge in [-0.2, -0.15) is 5.10 Å². The van der Waals surface area contributed by atoms with Gasteiger partial charge in [-0.15, -0.1) is 0 Å². The number of nitrogens with zero attached hydrogens (tertiary/aromatic N) is 4. The van der Waals surface area contributed by atoms with Crippen LogP contribution in [0.1, 0.15) is 42.1 Å². The van der Waals surface area contributed by atoms with Crippen LogP contribution >= 0.6 is 0 Å². The number of nitrogens with one attached hydrogen (secondary N) is 2. The third-order valence-corrected chi connectivity index (χ3v) is 3.74. The van der Waals surface area contributed by atoms with Crippen LogP contribution in [-0.4, -0.2) is 29.7 Å². The zero-order chi connectivity index (χ0) is 13.4. The Hall–Kier alpha value is -2.37. The van der Waals surface area contributed by atoms with Crippen molar-refractivity contribution in [2.45, 2.75) is 31.2 Å². The van der Waals surface area contributed by atoms with Gasteiger partial charge in [-0.3, -0.25) is 5.10 Å². The molecule has 0 aliphatic heterocycles. The molecule has 0 radical (unpaired) electrons. The summed E-state index contributed by atoms with van der Waals surface area (Å²) in [5.41, 5.74) is 1.08. The Labute approximate surface area is 116 Å². The highest BCUT2D eigenvalue weighted by Crippen LogP contribution is 2.38. The maximum atomic E-state index is 4.69. The molecule has 0 aromatic carbocycles. The Morgan fingerprint density at radius 1 is 1.30 bits per heavy atom. The van der Waals surface area contributed by atoms with Crippen molar-refractivity contribution in [1.82, 2.24) is 29.7 Å². The number of H-pyrrole nitrogens is 2. The van der Waals surface area contributed by atoms with Gasteiger partial charge in [0.05, 0.1) is 6.33 Å². The molecule has 3 aromatic rings. The minimum atomic E-state index is 0.0919. The van der Waals surface area contributed by atoms with Crippen molar-refractivity contribution in [1.29, 1.82) is 0 Å². The summed E-state index contributed by atoms with van der Waals surface area (Å²) in [7, 11) is 0. The van der Waals surface area contributed by atoms with Gasteiger partial charge in [0.25, 0.3) is 0 Å². The van der Waals surface area contributed by atoms with Gasteiger partial charge in [-0.05, 0) is 25.0 Å². The molecule has 0 spiro atoms. The standard InChI is InChI=1S/C14H16N6/c1-2-6-20(5-1)12(7-11-8-15-9-16-11)14-17-13(18-19-14)10-3-4-10/h1-2,5-6,8-10,12H,3-4,7H2,(H,15,16)(H,17,18,19)/t12-/m1/s1. The summed E-state index contributed by atoms with van der Waals surface area (Å²) in [5.74, 6) is 2.47. The van der Waals surface area contributed by atoms with Crippen molar-refractivity contribution in [2.75, 3.05) is 0 Å². The van der Waals surface area contributed by atoms with Crippen molar-refractivity contribution in [3.8, 4) is 0 Å². The zero-order valence-electron chi connectivity index (χ0n) is 11.0. The average molecular weight is 268 g/mol. The lowest BCUT2D eigenvalue weighted by Gasteiger charge is -2.14. The fraction of sp³-hybridized carbons (Fsp3) is 0.357. The van der Waals surface area contributed by atoms with Crippen LogP contribution in [0.2, 0.25) is 0 Å². The minimum Gasteiger partial charge on any atom is -0.348 e. The number of aromatic amines is 2. The molecule has 0 bridgehead atoms. The highest BCUT2D eigenvalue weighted by molar-refractivity contribution is 5.12. The first-order valence-corrected chi connectivity index (χ1v) is 6.92. The summed E-state index contributed by atoms with van der Waals surface area (Å²) >= 11 is 0. The Bertz CT molecular complexity index is 662. The molecule has 0 amide bonds. The van der Waals surface area contributed by atoms with Gasteiger partial charge in [0.1, 0.15) is 11.9 Å². The Balaban J connectivity index is 1.66. The number of imidazole rings is 1. The van der Waals surface area contributed by atoms with Crippen LogP contribution in [-0.2, 0) is 6.42 Å². The van der Waals surface area contributed by atoms with Gasteiger partial charge < -0.3 is 9.55 Å². The topological polar surface area (TPSA) is 75.2 Å². The Kier molecular flexibility index (Phi) is 2.65. The lowest BCUT2D eigenvalue weighted by Crippen LogP contribution is -2.14. The smallest absolute Gasteiger partial charge is 0.173 e. The van der Waals surface area contributed by atoms with Gasteiger partial charge in [0, 0.05) is 36.6 Å². The van der Waals surface area contributed by atoms with Crippen molar-refractivity contribution >= 4 is 0 Å². The predicted octanol–water partition coefficient (Wildman–Crippen LogP) is 2.04. The molecule has 3 heterocycles. The zero-order valence-corrected chi connectivity index (χ0v) is 11.0. The van der Waals surface area contributed by atoms with E-state index in [2.05, 4.69) is 29.7 Å². The number of aromatic nitrogens is 6. The van der Waals surface area contributed by atoms with Crippen LogP contribution in [0.4, 0.5) is 0 Å². The Morgan fingerprint density at radius 2 is 2.15 bits per heavy atom. The average Bonchev–Trinajstić information content (AvgIpc) is 2.97. The van der Waals surface area contributed by atoms with E-state index in [1.807, 2.05) is 30.7 Å². The third kappa shape index (κ3) is 2.13. The lowest BCUT2D eigenvalue weighted by molar-refractivity contribution is 0.547. The number of hydrogen-bond acceptors (Lipinski definition) is 3. The van der Waals surface area contributed by atoms with Gasteiger partial charge in [-0.25, -0.2) is 9.97 Å². The largest absolute Gasteiger partial charge is 0.348 e. The Morgan fingerprint density at radius 3 is 2.85 bits per heavy atom. The number of rotatable bonds is 5. The number of hydrogen-bond donors (Lipinski definition) is 2. The quantitative estimate of drug-likeness (QED) is 0.743. The normalized spacial score (nSPS) is 16.4. The molecule has 3 aromatic heterocycles. The molecule has 1 fully saturated rings. The third-order valence-electron chi connectivity index (χ3n) is 3.74. The van der Waals surface area contributed by atoms with Gasteiger partial charge in [0.15, 0.2) is 5.82 Å². The van der Waals surface area contributed by atoms with Crippen molar-refractivity contribution in [2.24, 2.45) is 0 Å². The molecule has 4 rings (SSSR count).